The third-order valence-electron chi connectivity index (χ3n) is 4.63. The molecule has 0 bridgehead atoms. The van der Waals surface area contributed by atoms with Gasteiger partial charge in [-0.1, -0.05) is 25.3 Å². The third kappa shape index (κ3) is 3.59. The van der Waals surface area contributed by atoms with Gasteiger partial charge in [-0.3, -0.25) is 0 Å². The molecule has 0 saturated heterocycles. The van der Waals surface area contributed by atoms with E-state index >= 15 is 0 Å². The molecule has 3 nitrogen and oxygen atoms in total. The van der Waals surface area contributed by atoms with Crippen LogP contribution in [-0.2, 0) is 0 Å². The van der Waals surface area contributed by atoms with Gasteiger partial charge in [0, 0.05) is 17.8 Å². The summed E-state index contributed by atoms with van der Waals surface area (Å²) >= 11 is 0. The van der Waals surface area contributed by atoms with Crippen LogP contribution < -0.4 is 15.8 Å². The number of hydrogen-bond acceptors (Lipinski definition) is 3. The van der Waals surface area contributed by atoms with Gasteiger partial charge >= 0.3 is 0 Å². The lowest BCUT2D eigenvalue weighted by atomic mass is 9.89. The van der Waals surface area contributed by atoms with Gasteiger partial charge in [0.1, 0.15) is 11.4 Å². The molecule has 3 N–H and O–H groups in total. The van der Waals surface area contributed by atoms with Crippen LogP contribution in [-0.4, -0.2) is 18.7 Å². The standard InChI is InChI=1S/C18H26N2O/c1-18(13-20-12-14-5-3-2-4-6-14)10-9-15-11-16(19)7-8-17(15)21-18/h7-11,14,20H,2-6,12-13,19H2,1H3. The molecule has 1 atom stereocenters. The van der Waals surface area contributed by atoms with E-state index in [1.165, 1.54) is 32.1 Å². The topological polar surface area (TPSA) is 47.3 Å². The van der Waals surface area contributed by atoms with Crippen molar-refractivity contribution in [3.05, 3.63) is 29.8 Å². The smallest absolute Gasteiger partial charge is 0.137 e. The Balaban J connectivity index is 1.55. The first-order valence-electron chi connectivity index (χ1n) is 8.13. The summed E-state index contributed by atoms with van der Waals surface area (Å²) in [5, 5.41) is 3.61. The highest BCUT2D eigenvalue weighted by Gasteiger charge is 2.27. The van der Waals surface area contributed by atoms with E-state index in [0.717, 1.165) is 36.0 Å². The second kappa shape index (κ2) is 6.10. The Morgan fingerprint density at radius 1 is 1.29 bits per heavy atom. The van der Waals surface area contributed by atoms with Gasteiger partial charge in [-0.25, -0.2) is 0 Å². The van der Waals surface area contributed by atoms with Crippen LogP contribution in [0.2, 0.25) is 0 Å². The lowest BCUT2D eigenvalue weighted by Gasteiger charge is -2.33. The predicted octanol–water partition coefficient (Wildman–Crippen LogP) is 3.60. The van der Waals surface area contributed by atoms with Crippen molar-refractivity contribution in [1.29, 1.82) is 0 Å². The molecule has 114 valence electrons. The Bertz CT molecular complexity index is 520. The first-order valence-corrected chi connectivity index (χ1v) is 8.13. The van der Waals surface area contributed by atoms with Gasteiger partial charge in [-0.15, -0.1) is 0 Å². The zero-order chi connectivity index (χ0) is 14.7. The van der Waals surface area contributed by atoms with Crippen LogP contribution in [0.3, 0.4) is 0 Å². The number of rotatable bonds is 4. The van der Waals surface area contributed by atoms with E-state index < -0.39 is 0 Å². The van der Waals surface area contributed by atoms with Crippen LogP contribution in [0.25, 0.3) is 6.08 Å². The van der Waals surface area contributed by atoms with Crippen LogP contribution >= 0.6 is 0 Å². The van der Waals surface area contributed by atoms with Crippen LogP contribution in [0.1, 0.15) is 44.6 Å². The predicted molar refractivity (Wildman–Crippen MR) is 88.4 cm³/mol. The number of anilines is 1. The molecular formula is C18H26N2O. The largest absolute Gasteiger partial charge is 0.482 e. The summed E-state index contributed by atoms with van der Waals surface area (Å²) in [5.41, 5.74) is 7.39. The normalized spacial score (nSPS) is 25.4. The van der Waals surface area contributed by atoms with Gasteiger partial charge in [-0.05, 0) is 56.5 Å². The van der Waals surface area contributed by atoms with Gasteiger partial charge in [0.05, 0.1) is 0 Å². The molecule has 0 spiro atoms. The van der Waals surface area contributed by atoms with E-state index in [2.05, 4.69) is 24.4 Å². The average Bonchev–Trinajstić information content (AvgIpc) is 2.49. The van der Waals surface area contributed by atoms with Gasteiger partial charge in [-0.2, -0.15) is 0 Å². The van der Waals surface area contributed by atoms with E-state index in [1.54, 1.807) is 0 Å². The van der Waals surface area contributed by atoms with E-state index in [9.17, 15) is 0 Å². The zero-order valence-corrected chi connectivity index (χ0v) is 12.9. The molecule has 1 aromatic rings. The van der Waals surface area contributed by atoms with Crippen LogP contribution in [0.15, 0.2) is 24.3 Å². The number of benzene rings is 1. The SMILES string of the molecule is CC1(CNCC2CCCCC2)C=Cc2cc(N)ccc2O1. The highest BCUT2D eigenvalue weighted by Crippen LogP contribution is 2.32. The molecule has 1 aliphatic carbocycles. The van der Waals surface area contributed by atoms with E-state index in [1.807, 2.05) is 18.2 Å². The summed E-state index contributed by atoms with van der Waals surface area (Å²) in [6.07, 6.45) is 11.2. The molecule has 1 unspecified atom stereocenters. The molecule has 0 aromatic heterocycles. The van der Waals surface area contributed by atoms with Crippen molar-refractivity contribution in [2.24, 2.45) is 5.92 Å². The number of fused-ring (bicyclic) bond motifs is 1. The van der Waals surface area contributed by atoms with Gasteiger partial charge in [0.2, 0.25) is 0 Å². The monoisotopic (exact) mass is 286 g/mol. The maximum absolute atomic E-state index is 6.16. The second-order valence-electron chi connectivity index (χ2n) is 6.68. The fraction of sp³-hybridized carbons (Fsp3) is 0.556. The number of nitrogen functional groups attached to an aromatic ring is 1. The number of nitrogens with two attached hydrogens (primary N) is 1. The first kappa shape index (κ1) is 14.5. The molecule has 1 aliphatic heterocycles. The molecule has 2 aliphatic rings. The zero-order valence-electron chi connectivity index (χ0n) is 12.9. The summed E-state index contributed by atoms with van der Waals surface area (Å²) < 4.78 is 6.16. The highest BCUT2D eigenvalue weighted by molar-refractivity contribution is 5.65. The van der Waals surface area contributed by atoms with E-state index in [-0.39, 0.29) is 5.60 Å². The minimum absolute atomic E-state index is 0.266. The molecular weight excluding hydrogens is 260 g/mol. The van der Waals surface area contributed by atoms with Crippen molar-refractivity contribution in [3.8, 4) is 5.75 Å². The van der Waals surface area contributed by atoms with Crippen molar-refractivity contribution in [3.63, 3.8) is 0 Å². The molecule has 1 heterocycles. The van der Waals surface area contributed by atoms with Gasteiger partial charge in [0.15, 0.2) is 0 Å². The molecule has 0 amide bonds. The Morgan fingerprint density at radius 3 is 2.90 bits per heavy atom. The summed E-state index contributed by atoms with van der Waals surface area (Å²) in [5.74, 6) is 1.77. The fourth-order valence-corrected chi connectivity index (χ4v) is 3.35. The summed E-state index contributed by atoms with van der Waals surface area (Å²) in [7, 11) is 0. The lowest BCUT2D eigenvalue weighted by molar-refractivity contribution is 0.133. The summed E-state index contributed by atoms with van der Waals surface area (Å²) in [4.78, 5) is 0. The maximum atomic E-state index is 6.16. The van der Waals surface area contributed by atoms with Crippen LogP contribution in [0.5, 0.6) is 5.75 Å². The quantitative estimate of drug-likeness (QED) is 0.831. The Kier molecular flexibility index (Phi) is 4.20. The van der Waals surface area contributed by atoms with Crippen molar-refractivity contribution in [2.75, 3.05) is 18.8 Å². The van der Waals surface area contributed by atoms with Gasteiger partial charge < -0.3 is 15.8 Å². The van der Waals surface area contributed by atoms with Crippen LogP contribution in [0.4, 0.5) is 5.69 Å². The number of hydrogen-bond donors (Lipinski definition) is 2. The molecule has 3 rings (SSSR count). The van der Waals surface area contributed by atoms with Crippen molar-refractivity contribution >= 4 is 11.8 Å². The van der Waals surface area contributed by atoms with E-state index in [0.29, 0.717) is 0 Å². The number of ether oxygens (including phenoxy) is 1. The van der Waals surface area contributed by atoms with Crippen molar-refractivity contribution < 1.29 is 4.74 Å². The van der Waals surface area contributed by atoms with Crippen LogP contribution in [0, 0.1) is 5.92 Å². The Labute approximate surface area is 127 Å². The third-order valence-corrected chi connectivity index (χ3v) is 4.63. The van der Waals surface area contributed by atoms with E-state index in [4.69, 9.17) is 10.5 Å². The Hall–Kier alpha value is -1.48. The minimum atomic E-state index is -0.266. The highest BCUT2D eigenvalue weighted by atomic mass is 16.5. The average molecular weight is 286 g/mol. The molecule has 1 aromatic carbocycles. The summed E-state index contributed by atoms with van der Waals surface area (Å²) in [6, 6.07) is 5.82. The molecule has 1 fully saturated rings. The first-order chi connectivity index (χ1) is 10.1. The van der Waals surface area contributed by atoms with Gasteiger partial charge in [0.25, 0.3) is 0 Å². The minimum Gasteiger partial charge on any atom is -0.482 e. The van der Waals surface area contributed by atoms with Crippen molar-refractivity contribution in [2.45, 2.75) is 44.6 Å². The molecule has 0 radical (unpaired) electrons. The van der Waals surface area contributed by atoms with Crippen molar-refractivity contribution in [1.82, 2.24) is 5.32 Å². The fourth-order valence-electron chi connectivity index (χ4n) is 3.35. The molecule has 21 heavy (non-hydrogen) atoms. The molecule has 3 heteroatoms. The second-order valence-corrected chi connectivity index (χ2v) is 6.68. The lowest BCUT2D eigenvalue weighted by Crippen LogP contribution is -2.44. The number of nitrogens with one attached hydrogen (secondary N) is 1. The summed E-state index contributed by atoms with van der Waals surface area (Å²) in [6.45, 7) is 4.10. The molecule has 1 saturated carbocycles. The maximum Gasteiger partial charge on any atom is 0.137 e. The Morgan fingerprint density at radius 2 is 2.10 bits per heavy atom.